The molecular weight excluding hydrogens is 733 g/mol. The summed E-state index contributed by atoms with van der Waals surface area (Å²) in [4.78, 5) is 0. The summed E-state index contributed by atoms with van der Waals surface area (Å²) in [5, 5.41) is 41.1. The van der Waals surface area contributed by atoms with Crippen molar-refractivity contribution in [2.75, 3.05) is 0 Å². The lowest BCUT2D eigenvalue weighted by molar-refractivity contribution is 0.373. The topological polar surface area (TPSA) is 64.5 Å². The van der Waals surface area contributed by atoms with Crippen LogP contribution in [0, 0.1) is 0 Å². The minimum Gasteiger partial charge on any atom is -0.507 e. The summed E-state index contributed by atoms with van der Waals surface area (Å²) in [5.41, 5.74) is 7.52. The molecule has 60 heavy (non-hydrogen) atoms. The van der Waals surface area contributed by atoms with E-state index < -0.39 is 0 Å². The van der Waals surface area contributed by atoms with Crippen LogP contribution in [0.2, 0.25) is 0 Å². The Hall–Kier alpha value is -7.24. The summed E-state index contributed by atoms with van der Waals surface area (Å²) in [5.74, 6) is 0.547. The molecule has 10 aromatic carbocycles. The first kappa shape index (κ1) is 37.1. The van der Waals surface area contributed by atoms with Gasteiger partial charge in [-0.2, -0.15) is 0 Å². The van der Waals surface area contributed by atoms with Crippen molar-refractivity contribution in [1.82, 2.24) is 10.6 Å². The summed E-state index contributed by atoms with van der Waals surface area (Å²) >= 11 is 0. The van der Waals surface area contributed by atoms with Gasteiger partial charge in [0.15, 0.2) is 0 Å². The number of rotatable bonds is 11. The second kappa shape index (κ2) is 16.2. The van der Waals surface area contributed by atoms with Gasteiger partial charge in [0.2, 0.25) is 0 Å². The maximum absolute atomic E-state index is 12.3. The maximum atomic E-state index is 12.3. The van der Waals surface area contributed by atoms with Crippen molar-refractivity contribution in [2.24, 2.45) is 0 Å². The van der Waals surface area contributed by atoms with Crippen molar-refractivity contribution in [2.45, 2.75) is 25.2 Å². The van der Waals surface area contributed by atoms with Crippen molar-refractivity contribution in [1.29, 1.82) is 0 Å². The molecule has 10 rings (SSSR count). The van der Waals surface area contributed by atoms with Gasteiger partial charge in [0.05, 0.1) is 12.1 Å². The van der Waals surface area contributed by atoms with Crippen molar-refractivity contribution in [3.05, 3.63) is 229 Å². The lowest BCUT2D eigenvalue weighted by atomic mass is 9.89. The van der Waals surface area contributed by atoms with Crippen LogP contribution in [-0.4, -0.2) is 10.2 Å². The Morgan fingerprint density at radius 2 is 0.667 bits per heavy atom. The highest BCUT2D eigenvalue weighted by atomic mass is 16.3. The third kappa shape index (κ3) is 6.92. The Morgan fingerprint density at radius 3 is 1.08 bits per heavy atom. The Balaban J connectivity index is 1.05. The third-order valence-corrected chi connectivity index (χ3v) is 12.0. The first-order chi connectivity index (χ1) is 29.6. The fourth-order valence-electron chi connectivity index (χ4n) is 9.11. The Labute approximate surface area is 350 Å². The van der Waals surface area contributed by atoms with Crippen LogP contribution in [0.25, 0.3) is 65.3 Å². The molecule has 0 unspecified atom stereocenters. The molecule has 0 radical (unpaired) electrons. The minimum atomic E-state index is -0.222. The third-order valence-electron chi connectivity index (χ3n) is 12.0. The summed E-state index contributed by atoms with van der Waals surface area (Å²) in [6.45, 7) is 0.816. The molecule has 4 heteroatoms. The number of aromatic hydroxyl groups is 2. The van der Waals surface area contributed by atoms with Gasteiger partial charge in [-0.15, -0.1) is 0 Å². The quantitative estimate of drug-likeness (QED) is 0.106. The van der Waals surface area contributed by atoms with E-state index in [0.29, 0.717) is 13.1 Å². The van der Waals surface area contributed by atoms with Crippen molar-refractivity contribution in [3.8, 4) is 33.8 Å². The second-order valence-electron chi connectivity index (χ2n) is 15.6. The largest absolute Gasteiger partial charge is 0.507 e. The molecule has 4 N–H and O–H groups in total. The molecule has 0 aromatic heterocycles. The van der Waals surface area contributed by atoms with E-state index in [0.717, 1.165) is 87.6 Å². The van der Waals surface area contributed by atoms with Crippen LogP contribution in [0.15, 0.2) is 206 Å². The van der Waals surface area contributed by atoms with Crippen LogP contribution in [0.1, 0.15) is 34.3 Å². The Kier molecular flexibility index (Phi) is 10.00. The molecular formula is C56H44N2O2. The summed E-state index contributed by atoms with van der Waals surface area (Å²) < 4.78 is 0. The fourth-order valence-corrected chi connectivity index (χ4v) is 9.11. The zero-order chi connectivity index (χ0) is 40.4. The standard InChI is InChI=1S/C56H44N2O2/c59-55-43(33-41-23-9-13-29-47(41)51(55)49-31-15-25-37-17-7-11-27-45(37)49)35-57-53(39-19-3-1-4-20-39)54(40-21-5-2-6-22-40)58-36-44-34-42-24-10-14-30-48(42)52(56(44)60)50-32-16-26-38-18-8-12-28-46(38)50/h1-34,53-54,57-60H,35-36H2/t53-,54-/m1/s1. The molecule has 0 spiro atoms. The average molecular weight is 777 g/mol. The van der Waals surface area contributed by atoms with Crippen LogP contribution in [0.4, 0.5) is 0 Å². The minimum absolute atomic E-state index is 0.222. The number of phenols is 2. The molecule has 0 aliphatic heterocycles. The lowest BCUT2D eigenvalue weighted by Crippen LogP contribution is -2.35. The highest BCUT2D eigenvalue weighted by molar-refractivity contribution is 6.09. The molecule has 0 fully saturated rings. The second-order valence-corrected chi connectivity index (χ2v) is 15.6. The highest BCUT2D eigenvalue weighted by Gasteiger charge is 2.27. The van der Waals surface area contributed by atoms with Gasteiger partial charge in [-0.3, -0.25) is 0 Å². The van der Waals surface area contributed by atoms with E-state index in [-0.39, 0.29) is 23.6 Å². The van der Waals surface area contributed by atoms with E-state index in [1.165, 1.54) is 0 Å². The van der Waals surface area contributed by atoms with E-state index in [9.17, 15) is 10.2 Å². The monoisotopic (exact) mass is 776 g/mol. The fraction of sp³-hybridized carbons (Fsp3) is 0.0714. The van der Waals surface area contributed by atoms with Gasteiger partial charge >= 0.3 is 0 Å². The molecule has 0 heterocycles. The van der Waals surface area contributed by atoms with Crippen molar-refractivity contribution in [3.63, 3.8) is 0 Å². The number of nitrogens with one attached hydrogen (secondary N) is 2. The van der Waals surface area contributed by atoms with Gasteiger partial charge in [0, 0.05) is 35.3 Å². The molecule has 2 atom stereocenters. The summed E-state index contributed by atoms with van der Waals surface area (Å²) in [6, 6.07) is 70.7. The van der Waals surface area contributed by atoms with Crippen LogP contribution < -0.4 is 10.6 Å². The molecule has 10 aromatic rings. The van der Waals surface area contributed by atoms with Gasteiger partial charge in [-0.25, -0.2) is 0 Å². The zero-order valence-corrected chi connectivity index (χ0v) is 33.1. The van der Waals surface area contributed by atoms with Gasteiger partial charge in [-0.05, 0) is 77.5 Å². The highest BCUT2D eigenvalue weighted by Crippen LogP contribution is 2.44. The number of hydrogen-bond donors (Lipinski definition) is 4. The lowest BCUT2D eigenvalue weighted by Gasteiger charge is -2.31. The van der Waals surface area contributed by atoms with E-state index in [2.05, 4.69) is 193 Å². The first-order valence-corrected chi connectivity index (χ1v) is 20.6. The van der Waals surface area contributed by atoms with Gasteiger partial charge < -0.3 is 20.8 Å². The summed E-state index contributed by atoms with van der Waals surface area (Å²) in [6.07, 6.45) is 0. The van der Waals surface area contributed by atoms with Gasteiger partial charge in [0.25, 0.3) is 0 Å². The average Bonchev–Trinajstić information content (AvgIpc) is 3.30. The van der Waals surface area contributed by atoms with Crippen molar-refractivity contribution < 1.29 is 10.2 Å². The number of fused-ring (bicyclic) bond motifs is 4. The smallest absolute Gasteiger partial charge is 0.128 e. The van der Waals surface area contributed by atoms with Gasteiger partial charge in [0.1, 0.15) is 11.5 Å². The van der Waals surface area contributed by atoms with E-state index in [1.54, 1.807) is 0 Å². The van der Waals surface area contributed by atoms with E-state index in [1.807, 2.05) is 24.3 Å². The van der Waals surface area contributed by atoms with Crippen LogP contribution in [-0.2, 0) is 13.1 Å². The van der Waals surface area contributed by atoms with Crippen molar-refractivity contribution >= 4 is 43.1 Å². The normalized spacial score (nSPS) is 12.6. The SMILES string of the molecule is Oc1c(CN[C@H](c2ccccc2)[C@H](NCc2cc3ccccc3c(-c3cccc4ccccc34)c2O)c2ccccc2)cc2ccccc2c1-c1cccc2ccccc12. The Morgan fingerprint density at radius 1 is 0.333 bits per heavy atom. The summed E-state index contributed by atoms with van der Waals surface area (Å²) in [7, 11) is 0. The molecule has 0 aliphatic rings. The molecule has 0 amide bonds. The van der Waals surface area contributed by atoms with Crippen LogP contribution >= 0.6 is 0 Å². The number of phenolic OH excluding ortho intramolecular Hbond substituents is 2. The van der Waals surface area contributed by atoms with E-state index in [4.69, 9.17) is 0 Å². The predicted molar refractivity (Wildman–Crippen MR) is 249 cm³/mol. The van der Waals surface area contributed by atoms with Crippen LogP contribution in [0.5, 0.6) is 11.5 Å². The van der Waals surface area contributed by atoms with Crippen LogP contribution in [0.3, 0.4) is 0 Å². The molecule has 0 saturated heterocycles. The molecule has 0 bridgehead atoms. The number of hydrogen-bond acceptors (Lipinski definition) is 4. The number of benzene rings is 10. The maximum Gasteiger partial charge on any atom is 0.128 e. The zero-order valence-electron chi connectivity index (χ0n) is 33.1. The van der Waals surface area contributed by atoms with E-state index >= 15 is 0 Å². The predicted octanol–water partition coefficient (Wildman–Crippen LogP) is 13.4. The molecule has 0 aliphatic carbocycles. The first-order valence-electron chi connectivity index (χ1n) is 20.6. The molecule has 0 saturated carbocycles. The van der Waals surface area contributed by atoms with Gasteiger partial charge in [-0.1, -0.05) is 194 Å². The molecule has 4 nitrogen and oxygen atoms in total. The molecule has 290 valence electrons. The Bertz CT molecular complexity index is 2920.